The molecule has 1 atom stereocenters. The third-order valence-electron chi connectivity index (χ3n) is 2.02. The maximum absolute atomic E-state index is 5.35. The summed E-state index contributed by atoms with van der Waals surface area (Å²) in [7, 11) is 0. The van der Waals surface area contributed by atoms with Crippen LogP contribution in [0.15, 0.2) is 41.4 Å². The van der Waals surface area contributed by atoms with Gasteiger partial charge < -0.3 is 16.8 Å². The van der Waals surface area contributed by atoms with E-state index in [-0.39, 0.29) is 0 Å². The number of aliphatic imine (C=N–C) groups is 1. The van der Waals surface area contributed by atoms with E-state index in [0.717, 1.165) is 13.0 Å². The van der Waals surface area contributed by atoms with Gasteiger partial charge in [-0.3, -0.25) is 4.99 Å². The van der Waals surface area contributed by atoms with Crippen molar-refractivity contribution in [2.45, 2.75) is 12.5 Å². The minimum atomic E-state index is 0.384. The van der Waals surface area contributed by atoms with E-state index < -0.39 is 0 Å². The molecule has 0 saturated carbocycles. The molecule has 1 aliphatic rings. The topological polar surface area (TPSA) is 76.4 Å². The van der Waals surface area contributed by atoms with Crippen LogP contribution in [0.25, 0.3) is 0 Å². The van der Waals surface area contributed by atoms with E-state index in [4.69, 9.17) is 11.5 Å². The molecule has 1 aromatic carbocycles. The van der Waals surface area contributed by atoms with E-state index >= 15 is 0 Å². The van der Waals surface area contributed by atoms with E-state index in [2.05, 4.69) is 10.3 Å². The Bertz CT molecular complexity index is 257. The molecule has 5 N–H and O–H groups in total. The first-order valence-electron chi connectivity index (χ1n) is 5.09. The summed E-state index contributed by atoms with van der Waals surface area (Å²) in [5.41, 5.74) is 10.7. The Kier molecular flexibility index (Phi) is 5.25. The van der Waals surface area contributed by atoms with Gasteiger partial charge in [0, 0.05) is 6.04 Å². The molecule has 0 aromatic heterocycles. The van der Waals surface area contributed by atoms with Crippen LogP contribution in [0.5, 0.6) is 0 Å². The van der Waals surface area contributed by atoms with Crippen molar-refractivity contribution >= 4 is 5.96 Å². The number of nitrogens with one attached hydrogen (secondary N) is 1. The highest BCUT2D eigenvalue weighted by Crippen LogP contribution is 1.95. The van der Waals surface area contributed by atoms with Gasteiger partial charge in [-0.15, -0.1) is 0 Å². The van der Waals surface area contributed by atoms with Crippen molar-refractivity contribution in [3.8, 4) is 0 Å². The molecule has 0 radical (unpaired) electrons. The van der Waals surface area contributed by atoms with Gasteiger partial charge in [0.2, 0.25) is 0 Å². The zero-order valence-corrected chi connectivity index (χ0v) is 8.76. The molecule has 1 unspecified atom stereocenters. The first-order valence-corrected chi connectivity index (χ1v) is 5.09. The SMILES string of the molecule is NCCC1CN=C(N)N1.c1ccccc1. The molecule has 1 heterocycles. The molecule has 1 aliphatic heterocycles. The molecule has 1 aromatic rings. The minimum Gasteiger partial charge on any atom is -0.370 e. The number of guanidine groups is 1. The van der Waals surface area contributed by atoms with Crippen LogP contribution < -0.4 is 16.8 Å². The fourth-order valence-corrected chi connectivity index (χ4v) is 1.26. The predicted octanol–water partition coefficient (Wildman–Crippen LogP) is 0.308. The second-order valence-corrected chi connectivity index (χ2v) is 3.30. The molecule has 0 amide bonds. The Morgan fingerprint density at radius 3 is 2.07 bits per heavy atom. The summed E-state index contributed by atoms with van der Waals surface area (Å²) < 4.78 is 0. The fraction of sp³-hybridized carbons (Fsp3) is 0.364. The smallest absolute Gasteiger partial charge is 0.188 e. The standard InChI is InChI=1S/C6H6.C5H12N4/c1-2-4-6-5-3-1;6-2-1-4-3-8-5(7)9-4/h1-6H;4H,1-3,6H2,(H3,7,8,9). The summed E-state index contributed by atoms with van der Waals surface area (Å²) >= 11 is 0. The molecule has 2 rings (SSSR count). The summed E-state index contributed by atoms with van der Waals surface area (Å²) in [5.74, 6) is 0.549. The first-order chi connectivity index (χ1) is 7.33. The lowest BCUT2D eigenvalue weighted by atomic mass is 10.2. The van der Waals surface area contributed by atoms with Crippen molar-refractivity contribution in [3.63, 3.8) is 0 Å². The van der Waals surface area contributed by atoms with E-state index in [0.29, 0.717) is 18.5 Å². The van der Waals surface area contributed by atoms with Crippen LogP contribution in [0.1, 0.15) is 6.42 Å². The van der Waals surface area contributed by atoms with Gasteiger partial charge in [0.05, 0.1) is 6.54 Å². The van der Waals surface area contributed by atoms with Crippen LogP contribution in [-0.2, 0) is 0 Å². The summed E-state index contributed by atoms with van der Waals surface area (Å²) in [5, 5.41) is 3.00. The number of nitrogens with two attached hydrogens (primary N) is 2. The molecular weight excluding hydrogens is 188 g/mol. The zero-order valence-electron chi connectivity index (χ0n) is 8.76. The molecule has 15 heavy (non-hydrogen) atoms. The van der Waals surface area contributed by atoms with Gasteiger partial charge in [-0.25, -0.2) is 0 Å². The van der Waals surface area contributed by atoms with Crippen molar-refractivity contribution in [2.75, 3.05) is 13.1 Å². The van der Waals surface area contributed by atoms with Gasteiger partial charge in [0.25, 0.3) is 0 Å². The number of nitrogens with zero attached hydrogens (tertiary/aromatic N) is 1. The quantitative estimate of drug-likeness (QED) is 0.651. The lowest BCUT2D eigenvalue weighted by Crippen LogP contribution is -2.36. The second-order valence-electron chi connectivity index (χ2n) is 3.30. The highest BCUT2D eigenvalue weighted by molar-refractivity contribution is 5.79. The predicted molar refractivity (Wildman–Crippen MR) is 63.5 cm³/mol. The van der Waals surface area contributed by atoms with Crippen LogP contribution in [0.2, 0.25) is 0 Å². The van der Waals surface area contributed by atoms with Crippen LogP contribution in [0.3, 0.4) is 0 Å². The average molecular weight is 206 g/mol. The molecular formula is C11H18N4. The summed E-state index contributed by atoms with van der Waals surface area (Å²) in [6.07, 6.45) is 0.949. The Labute approximate surface area is 90.4 Å². The van der Waals surface area contributed by atoms with Crippen molar-refractivity contribution in [1.29, 1.82) is 0 Å². The fourth-order valence-electron chi connectivity index (χ4n) is 1.26. The van der Waals surface area contributed by atoms with Gasteiger partial charge >= 0.3 is 0 Å². The molecule has 0 saturated heterocycles. The molecule has 4 nitrogen and oxygen atoms in total. The van der Waals surface area contributed by atoms with Gasteiger partial charge in [-0.05, 0) is 13.0 Å². The molecule has 4 heteroatoms. The highest BCUT2D eigenvalue weighted by atomic mass is 15.2. The third-order valence-corrected chi connectivity index (χ3v) is 2.02. The summed E-state index contributed by atoms with van der Waals surface area (Å²) in [4.78, 5) is 3.96. The normalized spacial score (nSPS) is 18.5. The minimum absolute atomic E-state index is 0.384. The molecule has 0 bridgehead atoms. The Balaban J connectivity index is 0.000000162. The maximum atomic E-state index is 5.35. The van der Waals surface area contributed by atoms with E-state index in [1.165, 1.54) is 0 Å². The average Bonchev–Trinajstić information content (AvgIpc) is 2.68. The second kappa shape index (κ2) is 6.84. The molecule has 82 valence electrons. The van der Waals surface area contributed by atoms with Gasteiger partial charge in [0.1, 0.15) is 0 Å². The van der Waals surface area contributed by atoms with Crippen molar-refractivity contribution in [2.24, 2.45) is 16.5 Å². The monoisotopic (exact) mass is 206 g/mol. The lowest BCUT2D eigenvalue weighted by molar-refractivity contribution is 0.609. The summed E-state index contributed by atoms with van der Waals surface area (Å²) in [6.45, 7) is 1.48. The van der Waals surface area contributed by atoms with Crippen molar-refractivity contribution < 1.29 is 0 Å². The third kappa shape index (κ3) is 5.02. The Hall–Kier alpha value is -1.55. The molecule has 0 aliphatic carbocycles. The highest BCUT2D eigenvalue weighted by Gasteiger charge is 2.12. The number of benzene rings is 1. The maximum Gasteiger partial charge on any atom is 0.188 e. The summed E-state index contributed by atoms with van der Waals surface area (Å²) in [6, 6.07) is 12.4. The van der Waals surface area contributed by atoms with Gasteiger partial charge in [0.15, 0.2) is 5.96 Å². The van der Waals surface area contributed by atoms with E-state index in [1.54, 1.807) is 0 Å². The van der Waals surface area contributed by atoms with Crippen LogP contribution in [-0.4, -0.2) is 25.1 Å². The van der Waals surface area contributed by atoms with Crippen LogP contribution in [0.4, 0.5) is 0 Å². The van der Waals surface area contributed by atoms with Crippen molar-refractivity contribution in [1.82, 2.24) is 5.32 Å². The number of hydrogen-bond acceptors (Lipinski definition) is 4. The van der Waals surface area contributed by atoms with Gasteiger partial charge in [-0.2, -0.15) is 0 Å². The Morgan fingerprint density at radius 1 is 1.20 bits per heavy atom. The molecule has 0 fully saturated rings. The number of hydrogen-bond donors (Lipinski definition) is 3. The molecule has 0 spiro atoms. The van der Waals surface area contributed by atoms with E-state index in [1.807, 2.05) is 36.4 Å². The first kappa shape index (κ1) is 11.5. The van der Waals surface area contributed by atoms with E-state index in [9.17, 15) is 0 Å². The Morgan fingerprint density at radius 2 is 1.73 bits per heavy atom. The van der Waals surface area contributed by atoms with Crippen LogP contribution in [0, 0.1) is 0 Å². The lowest BCUT2D eigenvalue weighted by Gasteiger charge is -2.06. The van der Waals surface area contributed by atoms with Gasteiger partial charge in [-0.1, -0.05) is 36.4 Å². The van der Waals surface area contributed by atoms with Crippen LogP contribution >= 0.6 is 0 Å². The zero-order chi connectivity index (χ0) is 10.9. The number of rotatable bonds is 2. The largest absolute Gasteiger partial charge is 0.370 e. The van der Waals surface area contributed by atoms with Crippen molar-refractivity contribution in [3.05, 3.63) is 36.4 Å².